The number of carbonyl (C=O) groups excluding carboxylic acids is 2. The number of hydrogen-bond acceptors (Lipinski definition) is 6. The van der Waals surface area contributed by atoms with Crippen LogP contribution in [0.15, 0.2) is 42.5 Å². The van der Waals surface area contributed by atoms with Crippen LogP contribution >= 0.6 is 0 Å². The second-order valence-corrected chi connectivity index (χ2v) is 9.23. The molecule has 0 spiro atoms. The molecule has 0 aliphatic rings. The number of nitrogens with zero attached hydrogens (tertiary/aromatic N) is 1. The molecule has 7 nitrogen and oxygen atoms in total. The van der Waals surface area contributed by atoms with Crippen molar-refractivity contribution in [2.24, 2.45) is 5.92 Å². The molecule has 0 fully saturated rings. The molecule has 0 amide bonds. The van der Waals surface area contributed by atoms with Crippen LogP contribution in [0.2, 0.25) is 0 Å². The van der Waals surface area contributed by atoms with Crippen LogP contribution in [0.3, 0.4) is 0 Å². The van der Waals surface area contributed by atoms with Crippen LogP contribution < -0.4 is 0 Å². The molecule has 0 N–H and O–H groups in total. The highest BCUT2D eigenvalue weighted by molar-refractivity contribution is 5.97. The van der Waals surface area contributed by atoms with Crippen molar-refractivity contribution in [2.75, 3.05) is 6.54 Å². The number of hydrogen-bond donors (Lipinski definition) is 0. The molecule has 2 aromatic rings. The van der Waals surface area contributed by atoms with Gasteiger partial charge in [0.2, 0.25) is 6.54 Å². The molecule has 0 unspecified atom stereocenters. The van der Waals surface area contributed by atoms with Crippen molar-refractivity contribution in [3.63, 3.8) is 0 Å². The summed E-state index contributed by atoms with van der Waals surface area (Å²) in [6.07, 6.45) is 0. The highest BCUT2D eigenvalue weighted by Gasteiger charge is 2.44. The second-order valence-electron chi connectivity index (χ2n) is 9.23. The third-order valence-corrected chi connectivity index (χ3v) is 4.29. The molecule has 0 saturated heterocycles. The van der Waals surface area contributed by atoms with Gasteiger partial charge in [0.05, 0.1) is 5.92 Å². The van der Waals surface area contributed by atoms with E-state index in [0.29, 0.717) is 5.56 Å². The first-order chi connectivity index (χ1) is 13.8. The molecule has 0 aromatic heterocycles. The third-order valence-electron chi connectivity index (χ3n) is 4.29. The van der Waals surface area contributed by atoms with Gasteiger partial charge in [-0.15, -0.1) is 0 Å². The van der Waals surface area contributed by atoms with Crippen LogP contribution in [-0.2, 0) is 19.1 Å². The van der Waals surface area contributed by atoms with Gasteiger partial charge in [0.15, 0.2) is 5.92 Å². The van der Waals surface area contributed by atoms with Gasteiger partial charge in [-0.25, -0.2) is 0 Å². The first kappa shape index (κ1) is 23.3. The molecule has 0 aliphatic heterocycles. The van der Waals surface area contributed by atoms with Crippen molar-refractivity contribution in [3.05, 3.63) is 58.1 Å². The predicted molar refractivity (Wildman–Crippen MR) is 114 cm³/mol. The van der Waals surface area contributed by atoms with Crippen LogP contribution in [-0.4, -0.2) is 34.6 Å². The molecule has 162 valence electrons. The fourth-order valence-corrected chi connectivity index (χ4v) is 3.27. The molecule has 2 aromatic carbocycles. The lowest BCUT2D eigenvalue weighted by Crippen LogP contribution is -2.41. The highest BCUT2D eigenvalue weighted by atomic mass is 16.6. The van der Waals surface area contributed by atoms with Gasteiger partial charge in [-0.2, -0.15) is 0 Å². The number of benzene rings is 2. The molecule has 0 saturated carbocycles. The number of ether oxygens (including phenoxy) is 2. The van der Waals surface area contributed by atoms with E-state index in [-0.39, 0.29) is 0 Å². The van der Waals surface area contributed by atoms with Gasteiger partial charge in [-0.3, -0.25) is 19.7 Å². The second kappa shape index (κ2) is 8.81. The lowest BCUT2D eigenvalue weighted by Gasteiger charge is -2.29. The minimum absolute atomic E-state index is 0.520. The van der Waals surface area contributed by atoms with Crippen molar-refractivity contribution in [1.82, 2.24) is 0 Å². The molecule has 2 rings (SSSR count). The van der Waals surface area contributed by atoms with Crippen LogP contribution in [0.1, 0.15) is 53.0 Å². The fraction of sp³-hybridized carbons (Fsp3) is 0.478. The summed E-state index contributed by atoms with van der Waals surface area (Å²) in [6.45, 7) is 9.45. The number of rotatable bonds is 6. The Kier molecular flexibility index (Phi) is 6.85. The van der Waals surface area contributed by atoms with Gasteiger partial charge < -0.3 is 9.47 Å². The Morgan fingerprint density at radius 2 is 1.40 bits per heavy atom. The van der Waals surface area contributed by atoms with E-state index in [1.807, 2.05) is 30.3 Å². The smallest absolute Gasteiger partial charge is 0.321 e. The van der Waals surface area contributed by atoms with E-state index in [0.717, 1.165) is 10.8 Å². The molecule has 0 radical (unpaired) electrons. The van der Waals surface area contributed by atoms with E-state index >= 15 is 0 Å². The van der Waals surface area contributed by atoms with E-state index in [1.54, 1.807) is 53.7 Å². The Labute approximate surface area is 176 Å². The van der Waals surface area contributed by atoms with Gasteiger partial charge in [0.1, 0.15) is 11.2 Å². The molecule has 0 heterocycles. The Balaban J connectivity index is 2.64. The van der Waals surface area contributed by atoms with Gasteiger partial charge in [0, 0.05) is 4.92 Å². The molecule has 30 heavy (non-hydrogen) atoms. The molecular weight excluding hydrogens is 386 g/mol. The zero-order valence-electron chi connectivity index (χ0n) is 18.3. The first-order valence-corrected chi connectivity index (χ1v) is 9.84. The van der Waals surface area contributed by atoms with Crippen LogP contribution in [0.25, 0.3) is 10.8 Å². The van der Waals surface area contributed by atoms with E-state index in [1.165, 1.54) is 0 Å². The normalized spacial score (nSPS) is 13.2. The summed E-state index contributed by atoms with van der Waals surface area (Å²) < 4.78 is 10.9. The Morgan fingerprint density at radius 1 is 0.900 bits per heavy atom. The van der Waals surface area contributed by atoms with Gasteiger partial charge >= 0.3 is 11.9 Å². The standard InChI is InChI=1S/C23H29NO6/c1-22(2,3)29-20(25)19(21(26)30-23(4,5)6)18(14-24(27)28)17-13-9-11-15-10-7-8-12-16(15)17/h7-13,18-19H,14H2,1-6H3/t18-/m1/s1. The zero-order chi connectivity index (χ0) is 22.7. The molecule has 1 atom stereocenters. The molecular formula is C23H29NO6. The maximum atomic E-state index is 13.1. The van der Waals surface area contributed by atoms with Crippen LogP contribution in [0.5, 0.6) is 0 Å². The van der Waals surface area contributed by atoms with Crippen molar-refractivity contribution in [2.45, 2.75) is 58.7 Å². The van der Waals surface area contributed by atoms with Gasteiger partial charge in [-0.1, -0.05) is 42.5 Å². The number of esters is 2. The summed E-state index contributed by atoms with van der Waals surface area (Å²) in [7, 11) is 0. The maximum Gasteiger partial charge on any atom is 0.321 e. The summed E-state index contributed by atoms with van der Waals surface area (Å²) in [5, 5.41) is 13.1. The summed E-state index contributed by atoms with van der Waals surface area (Å²) in [4.78, 5) is 37.2. The van der Waals surface area contributed by atoms with E-state index in [4.69, 9.17) is 9.47 Å². The zero-order valence-corrected chi connectivity index (χ0v) is 18.3. The number of fused-ring (bicyclic) bond motifs is 1. The largest absolute Gasteiger partial charge is 0.459 e. The fourth-order valence-electron chi connectivity index (χ4n) is 3.27. The molecule has 0 aliphatic carbocycles. The predicted octanol–water partition coefficient (Wildman–Crippen LogP) is 4.50. The highest BCUT2D eigenvalue weighted by Crippen LogP contribution is 2.34. The minimum Gasteiger partial charge on any atom is -0.459 e. The Morgan fingerprint density at radius 3 is 1.90 bits per heavy atom. The van der Waals surface area contributed by atoms with E-state index < -0.39 is 46.4 Å². The van der Waals surface area contributed by atoms with E-state index in [9.17, 15) is 19.7 Å². The summed E-state index contributed by atoms with van der Waals surface area (Å²) in [5.41, 5.74) is -1.20. The lowest BCUT2D eigenvalue weighted by molar-refractivity contribution is -0.484. The monoisotopic (exact) mass is 415 g/mol. The van der Waals surface area contributed by atoms with Gasteiger partial charge in [-0.05, 0) is 57.9 Å². The minimum atomic E-state index is -1.47. The quantitative estimate of drug-likeness (QED) is 0.298. The SMILES string of the molecule is CC(C)(C)OC(=O)C(C(=O)OC(C)(C)C)[C@H](C[N+](=O)[O-])c1cccc2ccccc12. The van der Waals surface area contributed by atoms with Crippen LogP contribution in [0, 0.1) is 16.0 Å². The number of nitro groups is 1. The number of carbonyl (C=O) groups is 2. The molecule has 7 heteroatoms. The van der Waals surface area contributed by atoms with Crippen molar-refractivity contribution in [3.8, 4) is 0 Å². The Bertz CT molecular complexity index is 905. The van der Waals surface area contributed by atoms with E-state index in [2.05, 4.69) is 0 Å². The van der Waals surface area contributed by atoms with Crippen LogP contribution in [0.4, 0.5) is 0 Å². The maximum absolute atomic E-state index is 13.1. The molecule has 0 bridgehead atoms. The lowest BCUT2D eigenvalue weighted by atomic mass is 9.83. The third kappa shape index (κ3) is 6.27. The summed E-state index contributed by atoms with van der Waals surface area (Å²) >= 11 is 0. The summed E-state index contributed by atoms with van der Waals surface area (Å²) in [6, 6.07) is 12.7. The Hall–Kier alpha value is -2.96. The van der Waals surface area contributed by atoms with Crippen molar-refractivity contribution >= 4 is 22.7 Å². The topological polar surface area (TPSA) is 95.7 Å². The average Bonchev–Trinajstić information content (AvgIpc) is 2.57. The summed E-state index contributed by atoms with van der Waals surface area (Å²) in [5.74, 6) is -4.19. The van der Waals surface area contributed by atoms with Gasteiger partial charge in [0.25, 0.3) is 0 Å². The van der Waals surface area contributed by atoms with Crippen molar-refractivity contribution < 1.29 is 24.0 Å². The van der Waals surface area contributed by atoms with Crippen molar-refractivity contribution in [1.29, 1.82) is 0 Å². The average molecular weight is 415 g/mol. The first-order valence-electron chi connectivity index (χ1n) is 9.84.